The van der Waals surface area contributed by atoms with E-state index in [4.69, 9.17) is 14.2 Å². The highest BCUT2D eigenvalue weighted by atomic mass is 19.1. The second kappa shape index (κ2) is 10.2. The molecule has 176 valence electrons. The highest BCUT2D eigenvalue weighted by molar-refractivity contribution is 5.86. The molecule has 9 heteroatoms. The van der Waals surface area contributed by atoms with Crippen LogP contribution >= 0.6 is 0 Å². The molecule has 2 unspecified atom stereocenters. The fraction of sp³-hybridized carbons (Fsp3) is 0.652. The van der Waals surface area contributed by atoms with Crippen LogP contribution in [0.3, 0.4) is 0 Å². The number of carbonyl (C=O) groups excluding carboxylic acids is 2. The number of rotatable bonds is 6. The molecule has 4 rings (SSSR count). The number of likely N-dealkylation sites (N-methyl/N-ethyl adjacent to an activating group) is 1. The summed E-state index contributed by atoms with van der Waals surface area (Å²) >= 11 is 0. The van der Waals surface area contributed by atoms with Crippen molar-refractivity contribution in [3.63, 3.8) is 0 Å². The first-order chi connectivity index (χ1) is 15.5. The van der Waals surface area contributed by atoms with Gasteiger partial charge in [-0.25, -0.2) is 4.39 Å². The Morgan fingerprint density at radius 1 is 1.16 bits per heavy atom. The van der Waals surface area contributed by atoms with Gasteiger partial charge in [0.2, 0.25) is 5.91 Å². The third-order valence-corrected chi connectivity index (χ3v) is 6.82. The lowest BCUT2D eigenvalue weighted by atomic mass is 9.79. The summed E-state index contributed by atoms with van der Waals surface area (Å²) < 4.78 is 31.3. The van der Waals surface area contributed by atoms with Crippen LogP contribution in [0.15, 0.2) is 24.3 Å². The highest BCUT2D eigenvalue weighted by Gasteiger charge is 2.42. The summed E-state index contributed by atoms with van der Waals surface area (Å²) in [6.07, 6.45) is 0.728. The molecular weight excluding hydrogens is 417 g/mol. The first-order valence-corrected chi connectivity index (χ1v) is 11.3. The number of ether oxygens (including phenoxy) is 3. The minimum Gasteiger partial charge on any atom is -0.381 e. The number of benzene rings is 1. The molecule has 1 N–H and O–H groups in total. The summed E-state index contributed by atoms with van der Waals surface area (Å²) in [6, 6.07) is 5.38. The topological polar surface area (TPSA) is 80.3 Å². The van der Waals surface area contributed by atoms with Gasteiger partial charge in [0.05, 0.1) is 19.3 Å². The van der Waals surface area contributed by atoms with Gasteiger partial charge in [0.15, 0.2) is 6.10 Å². The van der Waals surface area contributed by atoms with Gasteiger partial charge in [0.25, 0.3) is 5.91 Å². The maximum Gasteiger partial charge on any atom is 0.251 e. The third-order valence-electron chi connectivity index (χ3n) is 6.82. The van der Waals surface area contributed by atoms with Gasteiger partial charge in [0, 0.05) is 57.4 Å². The number of nitrogens with one attached hydrogen (secondary N) is 1. The number of hydrogen-bond acceptors (Lipinski definition) is 6. The lowest BCUT2D eigenvalue weighted by molar-refractivity contribution is -0.162. The average Bonchev–Trinajstić information content (AvgIpc) is 2.81. The Morgan fingerprint density at radius 2 is 1.84 bits per heavy atom. The molecule has 3 saturated heterocycles. The second-order valence-electron chi connectivity index (χ2n) is 8.92. The number of hydrogen-bond donors (Lipinski definition) is 1. The van der Waals surface area contributed by atoms with Crippen LogP contribution in [0.1, 0.15) is 24.4 Å². The molecular formula is C23H32FN3O5. The largest absolute Gasteiger partial charge is 0.381 e. The van der Waals surface area contributed by atoms with E-state index in [-0.39, 0.29) is 29.4 Å². The zero-order valence-corrected chi connectivity index (χ0v) is 18.6. The predicted octanol–water partition coefficient (Wildman–Crippen LogP) is 0.969. The van der Waals surface area contributed by atoms with Crippen LogP contribution in [0.4, 0.5) is 4.39 Å². The minimum atomic E-state index is -0.977. The molecule has 0 aliphatic carbocycles. The van der Waals surface area contributed by atoms with E-state index in [1.807, 2.05) is 0 Å². The van der Waals surface area contributed by atoms with Crippen LogP contribution < -0.4 is 5.32 Å². The van der Waals surface area contributed by atoms with Crippen molar-refractivity contribution in [2.24, 2.45) is 5.41 Å². The Labute approximate surface area is 188 Å². The lowest BCUT2D eigenvalue weighted by Gasteiger charge is -2.43. The van der Waals surface area contributed by atoms with Gasteiger partial charge in [-0.05, 0) is 18.9 Å². The molecule has 3 aliphatic heterocycles. The Bertz CT molecular complexity index is 811. The van der Waals surface area contributed by atoms with Crippen LogP contribution in [0.2, 0.25) is 0 Å². The van der Waals surface area contributed by atoms with Crippen LogP contribution in [-0.4, -0.2) is 94.0 Å². The third kappa shape index (κ3) is 5.11. The van der Waals surface area contributed by atoms with E-state index in [0.717, 1.165) is 45.7 Å². The molecule has 0 saturated carbocycles. The number of nitrogens with zero attached hydrogens (tertiary/aromatic N) is 2. The van der Waals surface area contributed by atoms with Gasteiger partial charge < -0.3 is 24.4 Å². The van der Waals surface area contributed by atoms with Gasteiger partial charge in [-0.3, -0.25) is 14.5 Å². The van der Waals surface area contributed by atoms with Gasteiger partial charge in [-0.1, -0.05) is 18.2 Å². The van der Waals surface area contributed by atoms with Crippen molar-refractivity contribution in [3.8, 4) is 0 Å². The minimum absolute atomic E-state index is 0.102. The fourth-order valence-corrected chi connectivity index (χ4v) is 4.82. The molecule has 3 heterocycles. The van der Waals surface area contributed by atoms with Crippen LogP contribution in [-0.2, 0) is 23.8 Å². The highest BCUT2D eigenvalue weighted by Crippen LogP contribution is 2.33. The molecule has 3 aliphatic rings. The van der Waals surface area contributed by atoms with Gasteiger partial charge >= 0.3 is 0 Å². The van der Waals surface area contributed by atoms with Crippen molar-refractivity contribution >= 4 is 11.8 Å². The summed E-state index contributed by atoms with van der Waals surface area (Å²) in [5.41, 5.74) is 0.173. The van der Waals surface area contributed by atoms with Crippen LogP contribution in [0, 0.1) is 11.2 Å². The van der Waals surface area contributed by atoms with Crippen LogP contribution in [0.25, 0.3) is 0 Å². The molecule has 0 radical (unpaired) electrons. The average molecular weight is 450 g/mol. The number of morpholine rings is 2. The fourth-order valence-electron chi connectivity index (χ4n) is 4.82. The number of amides is 2. The SMILES string of the molecule is CN1C(=O)COC(C(=O)NCC2(CN3CCOCC3)CCOCC2)C1c1ccccc1F. The summed E-state index contributed by atoms with van der Waals surface area (Å²) in [5, 5.41) is 3.07. The van der Waals surface area contributed by atoms with Crippen molar-refractivity contribution in [3.05, 3.63) is 35.6 Å². The zero-order chi connectivity index (χ0) is 22.6. The van der Waals surface area contributed by atoms with Crippen LogP contribution in [0.5, 0.6) is 0 Å². The van der Waals surface area contributed by atoms with Crippen molar-refractivity contribution in [2.45, 2.75) is 25.0 Å². The van der Waals surface area contributed by atoms with E-state index in [2.05, 4.69) is 10.2 Å². The molecule has 8 nitrogen and oxygen atoms in total. The van der Waals surface area contributed by atoms with Gasteiger partial charge in [0.1, 0.15) is 12.4 Å². The van der Waals surface area contributed by atoms with Gasteiger partial charge in [-0.15, -0.1) is 0 Å². The molecule has 0 bridgehead atoms. The van der Waals surface area contributed by atoms with Crippen molar-refractivity contribution < 1.29 is 28.2 Å². The smallest absolute Gasteiger partial charge is 0.251 e. The summed E-state index contributed by atoms with van der Waals surface area (Å²) in [5.74, 6) is -1.07. The quantitative estimate of drug-likeness (QED) is 0.697. The van der Waals surface area contributed by atoms with Crippen molar-refractivity contribution in [1.29, 1.82) is 0 Å². The van der Waals surface area contributed by atoms with Crippen molar-refractivity contribution in [1.82, 2.24) is 15.1 Å². The van der Waals surface area contributed by atoms with E-state index in [1.165, 1.54) is 11.0 Å². The molecule has 0 spiro atoms. The number of carbonyl (C=O) groups is 2. The monoisotopic (exact) mass is 449 g/mol. The molecule has 2 amide bonds. The van der Waals surface area contributed by atoms with E-state index in [0.29, 0.717) is 19.8 Å². The number of halogens is 1. The standard InChI is InChI=1S/C23H32FN3O5/c1-26-19(28)14-32-21(20(26)17-4-2-3-5-18(17)24)22(29)25-15-23(6-10-30-11-7-23)16-27-8-12-31-13-9-27/h2-5,20-21H,6-16H2,1H3,(H,25,29). The Kier molecular flexibility index (Phi) is 7.40. The molecule has 0 aromatic heterocycles. The summed E-state index contributed by atoms with van der Waals surface area (Å²) in [7, 11) is 1.58. The normalized spacial score (nSPS) is 26.7. The molecule has 2 atom stereocenters. The molecule has 3 fully saturated rings. The summed E-state index contributed by atoms with van der Waals surface area (Å²) in [4.78, 5) is 29.3. The van der Waals surface area contributed by atoms with E-state index in [1.54, 1.807) is 25.2 Å². The van der Waals surface area contributed by atoms with E-state index >= 15 is 0 Å². The Balaban J connectivity index is 1.48. The Hall–Kier alpha value is -2.07. The molecule has 1 aromatic carbocycles. The first-order valence-electron chi connectivity index (χ1n) is 11.3. The molecule has 1 aromatic rings. The van der Waals surface area contributed by atoms with E-state index in [9.17, 15) is 14.0 Å². The second-order valence-corrected chi connectivity index (χ2v) is 8.92. The Morgan fingerprint density at radius 3 is 2.56 bits per heavy atom. The zero-order valence-electron chi connectivity index (χ0n) is 18.6. The van der Waals surface area contributed by atoms with Crippen molar-refractivity contribution in [2.75, 3.05) is 66.3 Å². The first kappa shape index (κ1) is 23.1. The lowest BCUT2D eigenvalue weighted by Crippen LogP contribution is -2.56. The van der Waals surface area contributed by atoms with E-state index < -0.39 is 18.0 Å². The predicted molar refractivity (Wildman–Crippen MR) is 114 cm³/mol. The maximum atomic E-state index is 14.6. The van der Waals surface area contributed by atoms with Gasteiger partial charge in [-0.2, -0.15) is 0 Å². The molecule has 32 heavy (non-hydrogen) atoms. The maximum absolute atomic E-state index is 14.6. The summed E-state index contributed by atoms with van der Waals surface area (Å²) in [6.45, 7) is 5.67.